The molecule has 0 bridgehead atoms. The molecule has 4 aliphatic carbocycles. The van der Waals surface area contributed by atoms with Crippen molar-refractivity contribution in [1.82, 2.24) is 0 Å². The zero-order chi connectivity index (χ0) is 23.0. The highest BCUT2D eigenvalue weighted by atomic mass is 19.1. The van der Waals surface area contributed by atoms with E-state index in [1.807, 2.05) is 0 Å². The van der Waals surface area contributed by atoms with Gasteiger partial charge in [-0.3, -0.25) is 14.4 Å². The van der Waals surface area contributed by atoms with Crippen LogP contribution >= 0.6 is 0 Å². The fraction of sp³-hybridized carbons (Fsp3) is 0.625. The van der Waals surface area contributed by atoms with Crippen LogP contribution in [0.15, 0.2) is 36.0 Å². The van der Waals surface area contributed by atoms with Crippen LogP contribution in [0.5, 0.6) is 0 Å². The minimum absolute atomic E-state index is 0.129. The van der Waals surface area contributed by atoms with Gasteiger partial charge in [0.1, 0.15) is 5.60 Å². The minimum atomic E-state index is -2.10. The molecule has 2 saturated carbocycles. The third kappa shape index (κ3) is 2.59. The van der Waals surface area contributed by atoms with E-state index in [2.05, 4.69) is 0 Å². The first-order valence-corrected chi connectivity index (χ1v) is 10.7. The van der Waals surface area contributed by atoms with Crippen molar-refractivity contribution >= 4 is 17.5 Å². The topological polar surface area (TPSA) is 101 Å². The summed E-state index contributed by atoms with van der Waals surface area (Å²) in [7, 11) is 0. The van der Waals surface area contributed by atoms with E-state index in [0.717, 1.165) is 0 Å². The first kappa shape index (κ1) is 22.1. The van der Waals surface area contributed by atoms with Crippen molar-refractivity contribution in [1.29, 1.82) is 0 Å². The SMILES string of the molecule is CC(=O)OCC(=O)[C@@]1(O)[C@H](C)C[C@H]2[C@@H]3C=CC4=CC(=O)C=C[C@]4(C)[C@@]3(F)[C@@H](O)C[C@@]21C. The van der Waals surface area contributed by atoms with Crippen molar-refractivity contribution < 1.29 is 33.7 Å². The molecule has 0 saturated heterocycles. The highest BCUT2D eigenvalue weighted by Crippen LogP contribution is 2.69. The zero-order valence-corrected chi connectivity index (χ0v) is 18.2. The summed E-state index contributed by atoms with van der Waals surface area (Å²) in [6.45, 7) is 5.76. The molecule has 4 rings (SSSR count). The van der Waals surface area contributed by atoms with Gasteiger partial charge in [-0.2, -0.15) is 0 Å². The monoisotopic (exact) mass is 432 g/mol. The Hall–Kier alpha value is -2.12. The van der Waals surface area contributed by atoms with Crippen LogP contribution in [0.1, 0.15) is 40.5 Å². The van der Waals surface area contributed by atoms with Crippen LogP contribution in [0.25, 0.3) is 0 Å². The largest absolute Gasteiger partial charge is 0.458 e. The Morgan fingerprint density at radius 3 is 2.61 bits per heavy atom. The van der Waals surface area contributed by atoms with E-state index in [9.17, 15) is 24.6 Å². The number of allylic oxidation sites excluding steroid dienone is 6. The number of fused-ring (bicyclic) bond motifs is 5. The molecule has 0 unspecified atom stereocenters. The number of hydrogen-bond donors (Lipinski definition) is 2. The first-order chi connectivity index (χ1) is 14.3. The highest BCUT2D eigenvalue weighted by Gasteiger charge is 2.75. The van der Waals surface area contributed by atoms with Gasteiger partial charge in [0, 0.05) is 23.7 Å². The average molecular weight is 432 g/mol. The van der Waals surface area contributed by atoms with Crippen molar-refractivity contribution in [3.05, 3.63) is 36.0 Å². The van der Waals surface area contributed by atoms with Gasteiger partial charge in [-0.15, -0.1) is 0 Å². The number of aliphatic hydroxyl groups is 2. The molecule has 7 heteroatoms. The summed E-state index contributed by atoms with van der Waals surface area (Å²) in [6.07, 6.45) is 6.44. The first-order valence-electron chi connectivity index (χ1n) is 10.7. The van der Waals surface area contributed by atoms with Gasteiger partial charge in [0.2, 0.25) is 5.78 Å². The Bertz CT molecular complexity index is 952. The number of rotatable bonds is 3. The molecule has 0 aliphatic heterocycles. The van der Waals surface area contributed by atoms with Gasteiger partial charge in [-0.25, -0.2) is 4.39 Å². The van der Waals surface area contributed by atoms with Crippen molar-refractivity contribution in [2.24, 2.45) is 28.6 Å². The predicted molar refractivity (Wildman–Crippen MR) is 109 cm³/mol. The lowest BCUT2D eigenvalue weighted by atomic mass is 9.46. The Morgan fingerprint density at radius 1 is 1.29 bits per heavy atom. The van der Waals surface area contributed by atoms with Crippen LogP contribution in [-0.2, 0) is 19.1 Å². The fourth-order valence-electron chi connectivity index (χ4n) is 6.88. The Kier molecular flexibility index (Phi) is 4.77. The molecule has 0 aromatic carbocycles. The molecule has 0 aromatic heterocycles. The number of esters is 1. The van der Waals surface area contributed by atoms with E-state index in [-0.39, 0.29) is 12.2 Å². The van der Waals surface area contributed by atoms with Crippen LogP contribution in [0.3, 0.4) is 0 Å². The lowest BCUT2D eigenvalue weighted by molar-refractivity contribution is -0.206. The molecule has 0 heterocycles. The molecule has 0 amide bonds. The Morgan fingerprint density at radius 2 is 1.97 bits per heavy atom. The standard InChI is InChI=1S/C24H29FO6/c1-13-9-18-17-6-5-15-10-16(27)7-8-21(15,3)23(17,25)19(28)11-22(18,4)24(13,30)20(29)12-31-14(2)26/h5-8,10,13,17-19,28,30H,9,11-12H2,1-4H3/t13-,17+,18+,19+,21+,22+,23+,24+/m1/s1. The maximum absolute atomic E-state index is 17.0. The Balaban J connectivity index is 1.80. The molecule has 6 nitrogen and oxygen atoms in total. The number of hydrogen-bond acceptors (Lipinski definition) is 6. The number of ether oxygens (including phenoxy) is 1. The zero-order valence-electron chi connectivity index (χ0n) is 18.2. The summed E-state index contributed by atoms with van der Waals surface area (Å²) in [5, 5.41) is 22.9. The lowest BCUT2D eigenvalue weighted by Gasteiger charge is -2.60. The van der Waals surface area contributed by atoms with E-state index < -0.39 is 64.3 Å². The smallest absolute Gasteiger partial charge is 0.303 e. The fourth-order valence-corrected chi connectivity index (χ4v) is 6.88. The van der Waals surface area contributed by atoms with Crippen molar-refractivity contribution in [3.8, 4) is 0 Å². The molecule has 0 radical (unpaired) electrons. The number of carbonyl (C=O) groups is 3. The maximum atomic E-state index is 17.0. The molecule has 0 spiro atoms. The summed E-state index contributed by atoms with van der Waals surface area (Å²) < 4.78 is 21.8. The number of alkyl halides is 1. The van der Waals surface area contributed by atoms with E-state index in [1.54, 1.807) is 32.9 Å². The predicted octanol–water partition coefficient (Wildman–Crippen LogP) is 2.24. The van der Waals surface area contributed by atoms with Crippen LogP contribution in [-0.4, -0.2) is 51.7 Å². The molecule has 4 aliphatic rings. The van der Waals surface area contributed by atoms with Crippen LogP contribution in [0.2, 0.25) is 0 Å². The molecule has 2 N–H and O–H groups in total. The molecular formula is C24H29FO6. The summed E-state index contributed by atoms with van der Waals surface area (Å²) in [5.41, 5.74) is -5.77. The quantitative estimate of drug-likeness (QED) is 0.664. The van der Waals surface area contributed by atoms with Crippen LogP contribution in [0.4, 0.5) is 4.39 Å². The van der Waals surface area contributed by atoms with Gasteiger partial charge < -0.3 is 14.9 Å². The highest BCUT2D eigenvalue weighted by molar-refractivity contribution is 6.01. The number of aliphatic hydroxyl groups excluding tert-OH is 1. The second kappa shape index (κ2) is 6.69. The van der Waals surface area contributed by atoms with Crippen LogP contribution < -0.4 is 0 Å². The normalized spacial score (nSPS) is 47.8. The third-order valence-corrected chi connectivity index (χ3v) is 8.62. The van der Waals surface area contributed by atoms with Crippen LogP contribution in [0, 0.1) is 28.6 Å². The van der Waals surface area contributed by atoms with Crippen molar-refractivity contribution in [2.75, 3.05) is 6.61 Å². The second-order valence-corrected chi connectivity index (χ2v) is 10.0. The lowest BCUT2D eigenvalue weighted by Crippen LogP contribution is -2.68. The van der Waals surface area contributed by atoms with Crippen molar-refractivity contribution in [3.63, 3.8) is 0 Å². The number of carbonyl (C=O) groups excluding carboxylic acids is 3. The molecule has 2 fully saturated rings. The average Bonchev–Trinajstić information content (AvgIpc) is 2.89. The molecule has 31 heavy (non-hydrogen) atoms. The van der Waals surface area contributed by atoms with E-state index in [1.165, 1.54) is 25.2 Å². The third-order valence-electron chi connectivity index (χ3n) is 8.62. The molecule has 0 aromatic rings. The van der Waals surface area contributed by atoms with E-state index >= 15 is 4.39 Å². The number of ketones is 2. The molecular weight excluding hydrogens is 403 g/mol. The minimum Gasteiger partial charge on any atom is -0.458 e. The van der Waals surface area contributed by atoms with Gasteiger partial charge >= 0.3 is 5.97 Å². The summed E-state index contributed by atoms with van der Waals surface area (Å²) in [4.78, 5) is 36.1. The number of Topliss-reactive ketones (excluding diaryl/α,β-unsaturated/α-hetero) is 1. The Labute approximate surface area is 180 Å². The van der Waals surface area contributed by atoms with E-state index in [4.69, 9.17) is 4.74 Å². The maximum Gasteiger partial charge on any atom is 0.303 e. The van der Waals surface area contributed by atoms with Gasteiger partial charge in [-0.05, 0) is 49.3 Å². The summed E-state index contributed by atoms with van der Waals surface area (Å²) in [5.74, 6) is -3.19. The van der Waals surface area contributed by atoms with Gasteiger partial charge in [-0.1, -0.05) is 32.1 Å². The second-order valence-electron chi connectivity index (χ2n) is 10.0. The van der Waals surface area contributed by atoms with Gasteiger partial charge in [0.15, 0.2) is 18.1 Å². The van der Waals surface area contributed by atoms with E-state index in [0.29, 0.717) is 12.0 Å². The molecule has 168 valence electrons. The van der Waals surface area contributed by atoms with Crippen molar-refractivity contribution in [2.45, 2.75) is 57.9 Å². The molecule has 8 atom stereocenters. The summed E-state index contributed by atoms with van der Waals surface area (Å²) >= 11 is 0. The van der Waals surface area contributed by atoms with Gasteiger partial charge in [0.05, 0.1) is 6.10 Å². The summed E-state index contributed by atoms with van der Waals surface area (Å²) in [6, 6.07) is 0. The van der Waals surface area contributed by atoms with Gasteiger partial charge in [0.25, 0.3) is 0 Å². The number of halogens is 1.